The molecule has 2 aromatic rings. The molecular formula is C16H14O6. The van der Waals surface area contributed by atoms with Crippen LogP contribution in [0.15, 0.2) is 48.5 Å². The van der Waals surface area contributed by atoms with Crippen LogP contribution in [0, 0.1) is 0 Å². The van der Waals surface area contributed by atoms with Crippen molar-refractivity contribution < 1.29 is 29.6 Å². The molecule has 0 amide bonds. The van der Waals surface area contributed by atoms with Gasteiger partial charge >= 0.3 is 5.79 Å². The van der Waals surface area contributed by atoms with E-state index in [1.807, 2.05) is 0 Å². The maximum atomic E-state index is 12.7. The van der Waals surface area contributed by atoms with Crippen LogP contribution in [-0.4, -0.2) is 28.2 Å². The van der Waals surface area contributed by atoms with E-state index in [1.165, 1.54) is 25.3 Å². The molecule has 3 N–H and O–H groups in total. The van der Waals surface area contributed by atoms with Crippen LogP contribution in [0.4, 0.5) is 0 Å². The summed E-state index contributed by atoms with van der Waals surface area (Å²) in [5.74, 6) is -6.58. The number of ketones is 1. The van der Waals surface area contributed by atoms with Crippen LogP contribution in [0.25, 0.3) is 0 Å². The van der Waals surface area contributed by atoms with Crippen molar-refractivity contribution in [3.63, 3.8) is 0 Å². The first-order valence-electron chi connectivity index (χ1n) is 6.55. The monoisotopic (exact) mass is 302 g/mol. The molecule has 1 unspecified atom stereocenters. The molecular weight excluding hydrogens is 288 g/mol. The van der Waals surface area contributed by atoms with E-state index in [9.17, 15) is 20.1 Å². The smallest absolute Gasteiger partial charge is 0.303 e. The quantitative estimate of drug-likeness (QED) is 0.716. The molecule has 22 heavy (non-hydrogen) atoms. The van der Waals surface area contributed by atoms with Crippen molar-refractivity contribution in [2.75, 3.05) is 7.11 Å². The number of Topliss-reactive ketones (excluding diaryl/α,β-unsaturated/α-hetero) is 1. The van der Waals surface area contributed by atoms with Gasteiger partial charge in [-0.25, -0.2) is 0 Å². The molecule has 1 aliphatic heterocycles. The number of ether oxygens (including phenoxy) is 2. The van der Waals surface area contributed by atoms with Gasteiger partial charge in [-0.1, -0.05) is 36.4 Å². The van der Waals surface area contributed by atoms with Crippen molar-refractivity contribution in [1.29, 1.82) is 0 Å². The molecule has 6 heteroatoms. The lowest BCUT2D eigenvalue weighted by Gasteiger charge is -2.41. The fraction of sp³-hybridized carbons (Fsp3) is 0.188. The van der Waals surface area contributed by atoms with Crippen LogP contribution < -0.4 is 4.74 Å². The molecule has 0 aliphatic carbocycles. The number of phenolic OH excluding ortho intramolecular Hbond substituents is 1. The minimum atomic E-state index is -2.94. The average Bonchev–Trinajstić information content (AvgIpc) is 2.52. The van der Waals surface area contributed by atoms with Gasteiger partial charge in [0.05, 0.1) is 0 Å². The van der Waals surface area contributed by atoms with Crippen LogP contribution in [0.2, 0.25) is 0 Å². The number of phenols is 1. The second-order valence-electron chi connectivity index (χ2n) is 4.94. The van der Waals surface area contributed by atoms with E-state index in [-0.39, 0.29) is 5.75 Å². The van der Waals surface area contributed by atoms with Gasteiger partial charge in [0, 0.05) is 12.7 Å². The fourth-order valence-corrected chi connectivity index (χ4v) is 2.60. The van der Waals surface area contributed by atoms with Gasteiger partial charge in [-0.05, 0) is 12.1 Å². The Morgan fingerprint density at radius 1 is 1.05 bits per heavy atom. The Kier molecular flexibility index (Phi) is 3.17. The SMILES string of the molecule is COC1(c2ccccc2)Oc2cccc(O)c2C(O)(O)C1=O. The zero-order valence-electron chi connectivity index (χ0n) is 11.7. The van der Waals surface area contributed by atoms with Crippen molar-refractivity contribution in [2.45, 2.75) is 11.6 Å². The van der Waals surface area contributed by atoms with Crippen molar-refractivity contribution in [1.82, 2.24) is 0 Å². The number of hydrogen-bond donors (Lipinski definition) is 3. The first-order chi connectivity index (χ1) is 10.4. The summed E-state index contributed by atoms with van der Waals surface area (Å²) >= 11 is 0. The molecule has 2 aromatic carbocycles. The third-order valence-corrected chi connectivity index (χ3v) is 3.66. The van der Waals surface area contributed by atoms with Crippen LogP contribution >= 0.6 is 0 Å². The Balaban J connectivity index is 2.27. The fourth-order valence-electron chi connectivity index (χ4n) is 2.60. The summed E-state index contributed by atoms with van der Waals surface area (Å²) in [4.78, 5) is 12.7. The highest BCUT2D eigenvalue weighted by Gasteiger charge is 2.59. The maximum Gasteiger partial charge on any atom is 0.303 e. The first kappa shape index (κ1) is 14.5. The van der Waals surface area contributed by atoms with Crippen LogP contribution in [0.3, 0.4) is 0 Å². The summed E-state index contributed by atoms with van der Waals surface area (Å²) in [7, 11) is 1.23. The summed E-state index contributed by atoms with van der Waals surface area (Å²) < 4.78 is 10.9. The number of aromatic hydroxyl groups is 1. The van der Waals surface area contributed by atoms with Crippen molar-refractivity contribution >= 4 is 5.78 Å². The Morgan fingerprint density at radius 2 is 1.73 bits per heavy atom. The molecule has 0 radical (unpaired) electrons. The van der Waals surface area contributed by atoms with Gasteiger partial charge in [0.25, 0.3) is 11.6 Å². The second-order valence-corrected chi connectivity index (χ2v) is 4.94. The minimum absolute atomic E-state index is 0.0460. The molecule has 1 aliphatic rings. The molecule has 0 saturated heterocycles. The van der Waals surface area contributed by atoms with E-state index in [4.69, 9.17) is 9.47 Å². The van der Waals surface area contributed by atoms with Crippen LogP contribution in [0.5, 0.6) is 11.5 Å². The predicted octanol–water partition coefficient (Wildman–Crippen LogP) is 0.990. The topological polar surface area (TPSA) is 96.2 Å². The molecule has 0 spiro atoms. The number of carbonyl (C=O) groups excluding carboxylic acids is 1. The standard InChI is InChI=1S/C16H14O6/c1-21-16(10-6-3-2-4-7-10)14(18)15(19,20)13-11(17)8-5-9-12(13)22-16/h2-9,17,19-20H,1H3. The van der Waals surface area contributed by atoms with Crippen LogP contribution in [-0.2, 0) is 21.1 Å². The highest BCUT2D eigenvalue weighted by molar-refractivity contribution is 5.96. The van der Waals surface area contributed by atoms with Gasteiger partial charge in [-0.2, -0.15) is 0 Å². The van der Waals surface area contributed by atoms with Gasteiger partial charge in [-0.15, -0.1) is 0 Å². The summed E-state index contributed by atoms with van der Waals surface area (Å²) in [5, 5.41) is 30.4. The van der Waals surface area contributed by atoms with Gasteiger partial charge in [0.1, 0.15) is 17.1 Å². The van der Waals surface area contributed by atoms with E-state index < -0.39 is 28.7 Å². The number of rotatable bonds is 2. The van der Waals surface area contributed by atoms with Crippen LogP contribution in [0.1, 0.15) is 11.1 Å². The van der Waals surface area contributed by atoms with Crippen molar-refractivity contribution in [3.05, 3.63) is 59.7 Å². The molecule has 1 atom stereocenters. The Labute approximate surface area is 126 Å². The number of benzene rings is 2. The number of hydrogen-bond acceptors (Lipinski definition) is 6. The van der Waals surface area contributed by atoms with E-state index in [2.05, 4.69) is 0 Å². The maximum absolute atomic E-state index is 12.7. The van der Waals surface area contributed by atoms with Crippen molar-refractivity contribution in [3.8, 4) is 11.5 Å². The summed E-state index contributed by atoms with van der Waals surface area (Å²) in [6, 6.07) is 12.3. The first-order valence-corrected chi connectivity index (χ1v) is 6.55. The number of methoxy groups -OCH3 is 1. The van der Waals surface area contributed by atoms with Gasteiger partial charge in [-0.3, -0.25) is 4.79 Å². The third-order valence-electron chi connectivity index (χ3n) is 3.66. The summed E-state index contributed by atoms with van der Waals surface area (Å²) in [6.45, 7) is 0. The van der Waals surface area contributed by atoms with E-state index in [0.29, 0.717) is 5.56 Å². The molecule has 0 saturated carbocycles. The molecule has 0 aromatic heterocycles. The largest absolute Gasteiger partial charge is 0.507 e. The lowest BCUT2D eigenvalue weighted by molar-refractivity contribution is -0.250. The third kappa shape index (κ3) is 1.82. The Morgan fingerprint density at radius 3 is 2.36 bits per heavy atom. The second kappa shape index (κ2) is 4.81. The number of aliphatic hydroxyl groups is 2. The predicted molar refractivity (Wildman–Crippen MR) is 75.0 cm³/mol. The summed E-state index contributed by atoms with van der Waals surface area (Å²) in [6.07, 6.45) is 0. The van der Waals surface area contributed by atoms with Gasteiger partial charge < -0.3 is 24.8 Å². The molecule has 1 heterocycles. The lowest BCUT2D eigenvalue weighted by Crippen LogP contribution is -2.57. The number of carbonyl (C=O) groups is 1. The van der Waals surface area contributed by atoms with E-state index >= 15 is 0 Å². The normalized spacial score (nSPS) is 22.8. The Hall–Kier alpha value is -2.41. The average molecular weight is 302 g/mol. The highest BCUT2D eigenvalue weighted by atomic mass is 16.7. The van der Waals surface area contributed by atoms with Crippen molar-refractivity contribution in [2.24, 2.45) is 0 Å². The molecule has 0 bridgehead atoms. The molecule has 3 rings (SSSR count). The van der Waals surface area contributed by atoms with Gasteiger partial charge in [0.2, 0.25) is 0 Å². The Bertz CT molecular complexity index is 725. The van der Waals surface area contributed by atoms with Gasteiger partial charge in [0.15, 0.2) is 0 Å². The zero-order valence-corrected chi connectivity index (χ0v) is 11.7. The molecule has 114 valence electrons. The lowest BCUT2D eigenvalue weighted by atomic mass is 9.87. The highest BCUT2D eigenvalue weighted by Crippen LogP contribution is 2.47. The zero-order chi connectivity index (χ0) is 16.0. The summed E-state index contributed by atoms with van der Waals surface area (Å²) in [5.41, 5.74) is -0.0902. The van der Waals surface area contributed by atoms with E-state index in [1.54, 1.807) is 30.3 Å². The number of fused-ring (bicyclic) bond motifs is 1. The van der Waals surface area contributed by atoms with E-state index in [0.717, 1.165) is 0 Å². The molecule has 6 nitrogen and oxygen atoms in total. The molecule has 0 fully saturated rings. The minimum Gasteiger partial charge on any atom is -0.507 e.